The molecule has 178 valence electrons. The van der Waals surface area contributed by atoms with Crippen LogP contribution in [0.1, 0.15) is 0 Å². The molecule has 8 aromatic rings. The van der Waals surface area contributed by atoms with Gasteiger partial charge >= 0.3 is 0 Å². The third-order valence-corrected chi connectivity index (χ3v) is 7.22. The number of nitrogens with zero attached hydrogens (tertiary/aromatic N) is 3. The van der Waals surface area contributed by atoms with Crippen molar-refractivity contribution in [1.29, 1.82) is 0 Å². The first-order valence-electron chi connectivity index (χ1n) is 12.7. The van der Waals surface area contributed by atoms with Gasteiger partial charge in [-0.15, -0.1) is 0 Å². The highest BCUT2D eigenvalue weighted by atomic mass is 16.3. The maximum Gasteiger partial charge on any atom is 0.162 e. The minimum Gasteiger partial charge on any atom is -0.454 e. The van der Waals surface area contributed by atoms with Gasteiger partial charge in [-0.2, -0.15) is 0 Å². The number of fused-ring (bicyclic) bond motifs is 7. The fourth-order valence-electron chi connectivity index (χ4n) is 5.49. The Balaban J connectivity index is 1.53. The van der Waals surface area contributed by atoms with Crippen LogP contribution in [0.15, 0.2) is 132 Å². The van der Waals surface area contributed by atoms with Gasteiger partial charge in [0, 0.05) is 38.7 Å². The predicted octanol–water partition coefficient (Wildman–Crippen LogP) is 8.81. The van der Waals surface area contributed by atoms with Gasteiger partial charge in [-0.1, -0.05) is 103 Å². The van der Waals surface area contributed by atoms with Crippen molar-refractivity contribution >= 4 is 43.7 Å². The van der Waals surface area contributed by atoms with Crippen molar-refractivity contribution in [2.75, 3.05) is 0 Å². The number of rotatable bonds is 3. The average Bonchev–Trinajstić information content (AvgIpc) is 3.54. The van der Waals surface area contributed by atoms with Gasteiger partial charge in [0.05, 0.1) is 16.7 Å². The molecule has 0 radical (unpaired) electrons. The first kappa shape index (κ1) is 20.9. The van der Waals surface area contributed by atoms with E-state index in [1.54, 1.807) is 0 Å². The van der Waals surface area contributed by atoms with Crippen molar-refractivity contribution in [3.05, 3.63) is 127 Å². The van der Waals surface area contributed by atoms with Crippen LogP contribution >= 0.6 is 0 Å². The lowest BCUT2D eigenvalue weighted by Crippen LogP contribution is -2.02. The summed E-state index contributed by atoms with van der Waals surface area (Å²) < 4.78 is 8.76. The molecule has 8 rings (SSSR count). The zero-order chi connectivity index (χ0) is 25.1. The van der Waals surface area contributed by atoms with E-state index in [0.717, 1.165) is 66.4 Å². The van der Waals surface area contributed by atoms with Crippen LogP contribution in [0.3, 0.4) is 0 Å². The van der Waals surface area contributed by atoms with Gasteiger partial charge in [0.2, 0.25) is 0 Å². The van der Waals surface area contributed by atoms with E-state index in [1.807, 2.05) is 48.5 Å². The second-order valence-corrected chi connectivity index (χ2v) is 9.46. The Morgan fingerprint density at radius 3 is 2.00 bits per heavy atom. The molecule has 0 aliphatic rings. The molecular weight excluding hydrogens is 466 g/mol. The molecule has 3 heterocycles. The lowest BCUT2D eigenvalue weighted by molar-refractivity contribution is 0.671. The molecular formula is C34H21N3O. The van der Waals surface area contributed by atoms with E-state index in [4.69, 9.17) is 14.4 Å². The highest BCUT2D eigenvalue weighted by Gasteiger charge is 2.20. The van der Waals surface area contributed by atoms with Gasteiger partial charge in [0.15, 0.2) is 11.4 Å². The summed E-state index contributed by atoms with van der Waals surface area (Å²) >= 11 is 0. The van der Waals surface area contributed by atoms with E-state index in [2.05, 4.69) is 83.4 Å². The fourth-order valence-corrected chi connectivity index (χ4v) is 5.49. The number of para-hydroxylation sites is 2. The van der Waals surface area contributed by atoms with E-state index in [-0.39, 0.29) is 0 Å². The van der Waals surface area contributed by atoms with Gasteiger partial charge in [-0.3, -0.25) is 4.57 Å². The van der Waals surface area contributed by atoms with E-state index < -0.39 is 0 Å². The monoisotopic (exact) mass is 487 g/mol. The van der Waals surface area contributed by atoms with Gasteiger partial charge in [0.25, 0.3) is 0 Å². The first-order chi connectivity index (χ1) is 18.8. The van der Waals surface area contributed by atoms with Gasteiger partial charge in [0.1, 0.15) is 11.4 Å². The Bertz CT molecular complexity index is 2070. The molecule has 5 aromatic carbocycles. The lowest BCUT2D eigenvalue weighted by atomic mass is 10.1. The highest BCUT2D eigenvalue weighted by Crippen LogP contribution is 2.40. The largest absolute Gasteiger partial charge is 0.454 e. The minimum absolute atomic E-state index is 0.685. The third kappa shape index (κ3) is 3.10. The van der Waals surface area contributed by atoms with Crippen LogP contribution in [0.25, 0.3) is 72.2 Å². The number of furan rings is 1. The zero-order valence-electron chi connectivity index (χ0n) is 20.4. The fraction of sp³-hybridized carbons (Fsp3) is 0. The van der Waals surface area contributed by atoms with E-state index in [9.17, 15) is 0 Å². The highest BCUT2D eigenvalue weighted by molar-refractivity contribution is 6.21. The van der Waals surface area contributed by atoms with E-state index >= 15 is 0 Å². The number of hydrogen-bond donors (Lipinski definition) is 0. The normalized spacial score (nSPS) is 11.7. The standard InChI is InChI=1S/C34H21N3O/c1-3-11-22(12-4-1)28-21-31(36-34(35-28)23-13-5-2-6-14-23)37-29-17-9-7-15-24(29)26-19-20-27-25-16-8-10-18-30(25)38-33(27)32(26)37/h1-21H. The quantitative estimate of drug-likeness (QED) is 0.250. The summed E-state index contributed by atoms with van der Waals surface area (Å²) in [5.41, 5.74) is 6.72. The maximum atomic E-state index is 6.52. The molecule has 0 saturated carbocycles. The molecule has 0 spiro atoms. The van der Waals surface area contributed by atoms with E-state index in [1.165, 1.54) is 0 Å². The summed E-state index contributed by atoms with van der Waals surface area (Å²) in [4.78, 5) is 10.1. The minimum atomic E-state index is 0.685. The molecule has 38 heavy (non-hydrogen) atoms. The molecule has 0 saturated heterocycles. The average molecular weight is 488 g/mol. The molecule has 0 aliphatic carbocycles. The molecule has 0 amide bonds. The Kier molecular flexibility index (Phi) is 4.49. The van der Waals surface area contributed by atoms with Crippen molar-refractivity contribution in [1.82, 2.24) is 14.5 Å². The Morgan fingerprint density at radius 1 is 0.526 bits per heavy atom. The van der Waals surface area contributed by atoms with Crippen molar-refractivity contribution in [2.45, 2.75) is 0 Å². The Labute approximate surface area is 218 Å². The van der Waals surface area contributed by atoms with Gasteiger partial charge in [-0.25, -0.2) is 9.97 Å². The van der Waals surface area contributed by atoms with Crippen molar-refractivity contribution < 1.29 is 4.42 Å². The summed E-state index contributed by atoms with van der Waals surface area (Å²) in [5, 5.41) is 4.50. The summed E-state index contributed by atoms with van der Waals surface area (Å²) in [5.74, 6) is 1.49. The predicted molar refractivity (Wildman–Crippen MR) is 155 cm³/mol. The molecule has 4 heteroatoms. The molecule has 0 bridgehead atoms. The summed E-state index contributed by atoms with van der Waals surface area (Å²) in [6.45, 7) is 0. The lowest BCUT2D eigenvalue weighted by Gasteiger charge is -2.12. The second-order valence-electron chi connectivity index (χ2n) is 9.46. The van der Waals surface area contributed by atoms with Crippen LogP contribution in [0.5, 0.6) is 0 Å². The molecule has 3 aromatic heterocycles. The Morgan fingerprint density at radius 2 is 1.18 bits per heavy atom. The molecule has 0 atom stereocenters. The van der Waals surface area contributed by atoms with Crippen molar-refractivity contribution in [3.8, 4) is 28.5 Å². The van der Waals surface area contributed by atoms with Crippen LogP contribution in [0.4, 0.5) is 0 Å². The third-order valence-electron chi connectivity index (χ3n) is 7.22. The maximum absolute atomic E-state index is 6.52. The molecule has 4 nitrogen and oxygen atoms in total. The molecule has 0 unspecified atom stereocenters. The molecule has 0 fully saturated rings. The number of hydrogen-bond acceptors (Lipinski definition) is 3. The van der Waals surface area contributed by atoms with Gasteiger partial charge < -0.3 is 4.42 Å². The van der Waals surface area contributed by atoms with Crippen LogP contribution in [0.2, 0.25) is 0 Å². The van der Waals surface area contributed by atoms with Crippen molar-refractivity contribution in [2.24, 2.45) is 0 Å². The SMILES string of the molecule is c1ccc(-c2cc(-n3c4ccccc4c4ccc5c6ccccc6oc5c43)nc(-c3ccccc3)n2)cc1. The summed E-state index contributed by atoms with van der Waals surface area (Å²) in [7, 11) is 0. The van der Waals surface area contributed by atoms with Crippen LogP contribution < -0.4 is 0 Å². The molecule has 0 aliphatic heterocycles. The zero-order valence-corrected chi connectivity index (χ0v) is 20.4. The number of aromatic nitrogens is 3. The van der Waals surface area contributed by atoms with Crippen LogP contribution in [0, 0.1) is 0 Å². The Hall–Kier alpha value is -5.22. The topological polar surface area (TPSA) is 43.9 Å². The smallest absolute Gasteiger partial charge is 0.162 e. The van der Waals surface area contributed by atoms with Crippen LogP contribution in [-0.2, 0) is 0 Å². The second kappa shape index (κ2) is 8.15. The van der Waals surface area contributed by atoms with Crippen molar-refractivity contribution in [3.63, 3.8) is 0 Å². The summed E-state index contributed by atoms with van der Waals surface area (Å²) in [6.07, 6.45) is 0. The van der Waals surface area contributed by atoms with Crippen LogP contribution in [-0.4, -0.2) is 14.5 Å². The number of benzene rings is 5. The summed E-state index contributed by atoms with van der Waals surface area (Å²) in [6, 6.07) is 43.6. The molecule has 0 N–H and O–H groups in total. The van der Waals surface area contributed by atoms with Gasteiger partial charge in [-0.05, 0) is 18.2 Å². The first-order valence-corrected chi connectivity index (χ1v) is 12.7. The van der Waals surface area contributed by atoms with E-state index in [0.29, 0.717) is 5.82 Å².